The zero-order valence-corrected chi connectivity index (χ0v) is 36.9. The van der Waals surface area contributed by atoms with Crippen LogP contribution in [0.5, 0.6) is 0 Å². The van der Waals surface area contributed by atoms with Crippen LogP contribution < -0.4 is 0 Å². The van der Waals surface area contributed by atoms with Gasteiger partial charge in [-0.25, -0.2) is 0 Å². The smallest absolute Gasteiger partial charge is 0.380 e. The second-order valence-corrected chi connectivity index (χ2v) is 18.8. The lowest BCUT2D eigenvalue weighted by Crippen LogP contribution is -2.50. The second-order valence-electron chi connectivity index (χ2n) is 18.8. The molecule has 0 amide bonds. The van der Waals surface area contributed by atoms with E-state index in [1.165, 1.54) is 0 Å². The molecule has 1 aliphatic rings. The molecule has 13 heteroatoms. The highest BCUT2D eigenvalue weighted by Crippen LogP contribution is 2.45. The molecule has 1 saturated heterocycles. The summed E-state index contributed by atoms with van der Waals surface area (Å²) in [7, 11) is 3.89. The van der Waals surface area contributed by atoms with Gasteiger partial charge < -0.3 is 29.8 Å². The first-order valence-corrected chi connectivity index (χ1v) is 21.3. The fourth-order valence-electron chi connectivity index (χ4n) is 8.84. The summed E-state index contributed by atoms with van der Waals surface area (Å²) in [5.41, 5.74) is -1.59. The Morgan fingerprint density at radius 1 is 0.587 bits per heavy atom. The van der Waals surface area contributed by atoms with Crippen molar-refractivity contribution < 1.29 is 41.3 Å². The minimum absolute atomic E-state index is 0.368. The molecule has 1 aliphatic heterocycles. The van der Waals surface area contributed by atoms with Crippen LogP contribution in [0.4, 0.5) is 26.3 Å². The number of hydrogen-bond acceptors (Lipinski definition) is 5. The number of rotatable bonds is 14. The standard InChI is InChI=1S/C26H31F3N2O2.C24H29F3N2O/c1-24(2,21-8-5-6-19(14-21)17-31-10-12-33-13-11-31)18-25(32,26(27,28)29)16-22-15-20-7-3-4-9-23(20)30-22;1-22(2,19-10-7-8-17(12-19)15-29(3)4)16-23(30,24(25,26)27)14-20-13-18-9-5-6-11-21(18)28-20/h3-9,14-15,30,32H,10-13,16-18H2,1-2H3;5-13,28,30H,14-16H2,1-4H3. The van der Waals surface area contributed by atoms with Crippen LogP contribution in [0.15, 0.2) is 109 Å². The maximum absolute atomic E-state index is 14.2. The number of nitrogens with one attached hydrogen (secondary N) is 2. The molecule has 7 rings (SSSR count). The molecule has 1 fully saturated rings. The van der Waals surface area contributed by atoms with Crippen molar-refractivity contribution in [1.29, 1.82) is 0 Å². The first kappa shape index (κ1) is 47.8. The Morgan fingerprint density at radius 2 is 1.02 bits per heavy atom. The normalized spacial score (nSPS) is 16.5. The molecule has 3 heterocycles. The SMILES string of the molecule is CC(C)(CC(O)(Cc1cc2ccccc2[nH]1)C(F)(F)F)c1cccc(CN2CCOCC2)c1.CN(C)Cc1cccc(C(C)(C)CC(O)(Cc2cc3ccccc3[nH]2)C(F)(F)F)c1. The number of ether oxygens (including phenoxy) is 1. The number of halogens is 6. The van der Waals surface area contributed by atoms with Gasteiger partial charge in [0.2, 0.25) is 0 Å². The van der Waals surface area contributed by atoms with Gasteiger partial charge in [-0.15, -0.1) is 0 Å². The van der Waals surface area contributed by atoms with E-state index in [9.17, 15) is 36.6 Å². The van der Waals surface area contributed by atoms with Gasteiger partial charge in [0.1, 0.15) is 0 Å². The number of aliphatic hydroxyl groups is 2. The van der Waals surface area contributed by atoms with E-state index in [-0.39, 0.29) is 0 Å². The Labute approximate surface area is 366 Å². The maximum Gasteiger partial charge on any atom is 0.417 e. The largest absolute Gasteiger partial charge is 0.417 e. The molecule has 4 N–H and O–H groups in total. The van der Waals surface area contributed by atoms with Gasteiger partial charge in [-0.3, -0.25) is 4.90 Å². The monoisotopic (exact) mass is 878 g/mol. The summed E-state index contributed by atoms with van der Waals surface area (Å²) in [6.07, 6.45) is -11.5. The van der Waals surface area contributed by atoms with Crippen LogP contribution in [0.3, 0.4) is 0 Å². The summed E-state index contributed by atoms with van der Waals surface area (Å²) in [5, 5.41) is 23.5. The summed E-state index contributed by atoms with van der Waals surface area (Å²) >= 11 is 0. The van der Waals surface area contributed by atoms with Gasteiger partial charge in [0, 0.05) is 61.4 Å². The number of aromatic nitrogens is 2. The van der Waals surface area contributed by atoms with Crippen LogP contribution in [0, 0.1) is 0 Å². The number of H-pyrrole nitrogens is 2. The van der Waals surface area contributed by atoms with Crippen LogP contribution >= 0.6 is 0 Å². The predicted molar refractivity (Wildman–Crippen MR) is 238 cm³/mol. The highest BCUT2D eigenvalue weighted by atomic mass is 19.4. The molecule has 0 radical (unpaired) electrons. The van der Waals surface area contributed by atoms with Crippen molar-refractivity contribution in [3.63, 3.8) is 0 Å². The fourth-order valence-corrected chi connectivity index (χ4v) is 8.84. The molecule has 6 aromatic rings. The van der Waals surface area contributed by atoms with E-state index in [4.69, 9.17) is 4.74 Å². The molecular formula is C50H60F6N4O3. The lowest BCUT2D eigenvalue weighted by atomic mass is 9.73. The first-order chi connectivity index (χ1) is 29.5. The van der Waals surface area contributed by atoms with E-state index in [1.54, 1.807) is 39.8 Å². The number of fused-ring (bicyclic) bond motifs is 2. The molecule has 0 spiro atoms. The van der Waals surface area contributed by atoms with E-state index in [0.717, 1.165) is 63.7 Å². The van der Waals surface area contributed by atoms with Gasteiger partial charge in [-0.2, -0.15) is 26.3 Å². The summed E-state index contributed by atoms with van der Waals surface area (Å²) in [6, 6.07) is 33.3. The number of morpholine rings is 1. The molecule has 2 aromatic heterocycles. The number of para-hydroxylation sites is 2. The number of alkyl halides is 6. The molecule has 340 valence electrons. The first-order valence-electron chi connectivity index (χ1n) is 21.3. The minimum atomic E-state index is -4.77. The zero-order chi connectivity index (χ0) is 45.8. The quantitative estimate of drug-likeness (QED) is 0.0819. The van der Waals surface area contributed by atoms with Crippen molar-refractivity contribution >= 4 is 21.8 Å². The topological polar surface area (TPSA) is 87.8 Å². The van der Waals surface area contributed by atoms with Crippen LogP contribution in [0.25, 0.3) is 21.8 Å². The average molecular weight is 879 g/mol. The third-order valence-corrected chi connectivity index (χ3v) is 12.1. The van der Waals surface area contributed by atoms with Crippen molar-refractivity contribution in [2.75, 3.05) is 40.4 Å². The van der Waals surface area contributed by atoms with E-state index in [0.29, 0.717) is 31.1 Å². The van der Waals surface area contributed by atoms with Crippen molar-refractivity contribution in [2.24, 2.45) is 0 Å². The van der Waals surface area contributed by atoms with E-state index >= 15 is 0 Å². The number of nitrogens with zero attached hydrogens (tertiary/aromatic N) is 2. The summed E-state index contributed by atoms with van der Waals surface area (Å²) in [6.45, 7) is 11.5. The third-order valence-electron chi connectivity index (χ3n) is 12.1. The molecule has 0 bridgehead atoms. The molecule has 0 aliphatic carbocycles. The molecule has 4 aromatic carbocycles. The lowest BCUT2D eigenvalue weighted by Gasteiger charge is -2.38. The Morgan fingerprint density at radius 3 is 1.44 bits per heavy atom. The molecule has 7 nitrogen and oxygen atoms in total. The lowest BCUT2D eigenvalue weighted by molar-refractivity contribution is -0.266. The fraction of sp³-hybridized carbons (Fsp3) is 0.440. The van der Waals surface area contributed by atoms with Crippen molar-refractivity contribution in [3.8, 4) is 0 Å². The van der Waals surface area contributed by atoms with E-state index in [2.05, 4.69) is 14.9 Å². The summed E-state index contributed by atoms with van der Waals surface area (Å²) in [4.78, 5) is 10.3. The van der Waals surface area contributed by atoms with E-state index in [1.807, 2.05) is 116 Å². The molecule has 0 saturated carbocycles. The number of aromatic amines is 2. The Hall–Kier alpha value is -4.66. The minimum Gasteiger partial charge on any atom is -0.380 e. The molecule has 63 heavy (non-hydrogen) atoms. The molecule has 2 atom stereocenters. The van der Waals surface area contributed by atoms with Gasteiger partial charge in [0.25, 0.3) is 0 Å². The Balaban J connectivity index is 0.000000211. The predicted octanol–water partition coefficient (Wildman–Crippen LogP) is 10.6. The van der Waals surface area contributed by atoms with Crippen LogP contribution in [0.2, 0.25) is 0 Å². The highest BCUT2D eigenvalue weighted by Gasteiger charge is 2.57. The summed E-state index contributed by atoms with van der Waals surface area (Å²) in [5.74, 6) is 0. The van der Waals surface area contributed by atoms with Gasteiger partial charge in [-0.1, -0.05) is 113 Å². The van der Waals surface area contributed by atoms with Crippen molar-refractivity contribution in [1.82, 2.24) is 19.8 Å². The Kier molecular flexibility index (Phi) is 14.3. The van der Waals surface area contributed by atoms with Gasteiger partial charge in [-0.05, 0) is 95.1 Å². The third kappa shape index (κ3) is 11.9. The van der Waals surface area contributed by atoms with Crippen LogP contribution in [-0.2, 0) is 41.5 Å². The number of benzene rings is 4. The van der Waals surface area contributed by atoms with Crippen LogP contribution in [-0.4, -0.2) is 93.9 Å². The average Bonchev–Trinajstić information content (AvgIpc) is 3.80. The van der Waals surface area contributed by atoms with E-state index < -0.39 is 60.1 Å². The zero-order valence-electron chi connectivity index (χ0n) is 36.9. The maximum atomic E-state index is 14.2. The van der Waals surface area contributed by atoms with Crippen LogP contribution in [0.1, 0.15) is 74.2 Å². The summed E-state index contributed by atoms with van der Waals surface area (Å²) < 4.78 is 90.2. The highest BCUT2D eigenvalue weighted by molar-refractivity contribution is 5.81. The van der Waals surface area contributed by atoms with Gasteiger partial charge >= 0.3 is 12.4 Å². The van der Waals surface area contributed by atoms with Gasteiger partial charge in [0.05, 0.1) is 13.2 Å². The van der Waals surface area contributed by atoms with Crippen molar-refractivity contribution in [3.05, 3.63) is 143 Å². The Bertz CT molecular complexity index is 2360. The van der Waals surface area contributed by atoms with Crippen molar-refractivity contribution in [2.45, 2.75) is 101 Å². The van der Waals surface area contributed by atoms with Gasteiger partial charge in [0.15, 0.2) is 11.2 Å². The second kappa shape index (κ2) is 18.8. The molecule has 2 unspecified atom stereocenters. The number of hydrogen-bond donors (Lipinski definition) is 4. The molecular weight excluding hydrogens is 819 g/mol.